The summed E-state index contributed by atoms with van der Waals surface area (Å²) in [5.41, 5.74) is 10.9. The van der Waals surface area contributed by atoms with E-state index in [1.165, 1.54) is 50.0 Å². The fourth-order valence-electron chi connectivity index (χ4n) is 4.91. The second-order valence-electron chi connectivity index (χ2n) is 10.4. The van der Waals surface area contributed by atoms with Crippen molar-refractivity contribution in [3.63, 3.8) is 0 Å². The van der Waals surface area contributed by atoms with Gasteiger partial charge in [-0.05, 0) is 85.3 Å². The quantitative estimate of drug-likeness (QED) is 0.202. The lowest BCUT2D eigenvalue weighted by Crippen LogP contribution is -2.10. The van der Waals surface area contributed by atoms with E-state index in [9.17, 15) is 0 Å². The first-order chi connectivity index (χ1) is 18.9. The number of benzene rings is 5. The first kappa shape index (κ1) is 26.1. The summed E-state index contributed by atoms with van der Waals surface area (Å²) in [6, 6.07) is 39.4. The number of rotatable bonds is 7. The molecule has 0 atom stereocenters. The Morgan fingerprint density at radius 1 is 0.590 bits per heavy atom. The number of hydrogen-bond acceptors (Lipinski definition) is 2. The van der Waals surface area contributed by atoms with E-state index in [0.717, 1.165) is 11.4 Å². The Balaban J connectivity index is 1.55. The lowest BCUT2D eigenvalue weighted by molar-refractivity contribution is 1.13. The third-order valence-corrected chi connectivity index (χ3v) is 7.20. The molecule has 0 amide bonds. The number of allylic oxidation sites excluding steroid dienone is 3. The molecule has 0 aliphatic heterocycles. The van der Waals surface area contributed by atoms with Crippen molar-refractivity contribution >= 4 is 45.2 Å². The van der Waals surface area contributed by atoms with Crippen LogP contribution >= 0.6 is 0 Å². The number of hydrogen-bond donors (Lipinski definition) is 0. The van der Waals surface area contributed by atoms with Crippen molar-refractivity contribution in [1.29, 1.82) is 0 Å². The highest BCUT2D eigenvalue weighted by atomic mass is 15.1. The van der Waals surface area contributed by atoms with Gasteiger partial charge in [-0.3, -0.25) is 0 Å². The lowest BCUT2D eigenvalue weighted by atomic mass is 9.96. The Kier molecular flexibility index (Phi) is 7.65. The molecule has 5 aromatic rings. The molecule has 0 bridgehead atoms. The highest BCUT2D eigenvalue weighted by Gasteiger charge is 2.16. The van der Waals surface area contributed by atoms with Gasteiger partial charge in [-0.15, -0.1) is 0 Å². The molecule has 0 N–H and O–H groups in total. The molecule has 0 saturated carbocycles. The van der Waals surface area contributed by atoms with Gasteiger partial charge in [0.25, 0.3) is 0 Å². The molecule has 0 aliphatic carbocycles. The minimum atomic E-state index is 1.15. The first-order valence-corrected chi connectivity index (χ1v) is 13.5. The van der Waals surface area contributed by atoms with Crippen LogP contribution in [0.15, 0.2) is 121 Å². The summed E-state index contributed by atoms with van der Waals surface area (Å²) in [5, 5.41) is 2.48. The molecule has 194 valence electrons. The van der Waals surface area contributed by atoms with Crippen LogP contribution in [0.5, 0.6) is 0 Å². The predicted molar refractivity (Wildman–Crippen MR) is 172 cm³/mol. The molecular formula is C37H36N2. The highest BCUT2D eigenvalue weighted by Crippen LogP contribution is 2.41. The van der Waals surface area contributed by atoms with Gasteiger partial charge >= 0.3 is 0 Å². The number of fused-ring (bicyclic) bond motifs is 1. The van der Waals surface area contributed by atoms with Gasteiger partial charge in [0.05, 0.1) is 5.69 Å². The smallest absolute Gasteiger partial charge is 0.0540 e. The van der Waals surface area contributed by atoms with Gasteiger partial charge < -0.3 is 9.80 Å². The van der Waals surface area contributed by atoms with E-state index in [1.54, 1.807) is 0 Å². The van der Waals surface area contributed by atoms with Crippen molar-refractivity contribution in [2.45, 2.75) is 20.8 Å². The van der Waals surface area contributed by atoms with E-state index in [1.807, 2.05) is 0 Å². The highest BCUT2D eigenvalue weighted by molar-refractivity contribution is 6.04. The van der Waals surface area contributed by atoms with Crippen LogP contribution in [0.3, 0.4) is 0 Å². The number of anilines is 4. The van der Waals surface area contributed by atoms with Crippen LogP contribution in [0, 0.1) is 13.8 Å². The van der Waals surface area contributed by atoms with Crippen molar-refractivity contribution in [1.82, 2.24) is 0 Å². The molecule has 0 aliphatic rings. The number of aryl methyl sites for hydroxylation is 2. The van der Waals surface area contributed by atoms with Crippen LogP contribution in [0.1, 0.15) is 29.2 Å². The zero-order valence-electron chi connectivity index (χ0n) is 23.5. The third-order valence-electron chi connectivity index (χ3n) is 7.20. The van der Waals surface area contributed by atoms with Crippen LogP contribution in [0.2, 0.25) is 0 Å². The summed E-state index contributed by atoms with van der Waals surface area (Å²) in [6.07, 6.45) is 6.52. The summed E-state index contributed by atoms with van der Waals surface area (Å²) < 4.78 is 0. The van der Waals surface area contributed by atoms with Crippen molar-refractivity contribution in [3.8, 4) is 0 Å². The summed E-state index contributed by atoms with van der Waals surface area (Å²) in [7, 11) is 4.13. The Morgan fingerprint density at radius 2 is 1.13 bits per heavy atom. The molecule has 2 heteroatoms. The monoisotopic (exact) mass is 508 g/mol. The Bertz CT molecular complexity index is 1580. The Labute approximate surface area is 233 Å². The fourth-order valence-corrected chi connectivity index (χ4v) is 4.91. The minimum absolute atomic E-state index is 1.15. The maximum Gasteiger partial charge on any atom is 0.0540 e. The van der Waals surface area contributed by atoms with Gasteiger partial charge in [0, 0.05) is 36.5 Å². The van der Waals surface area contributed by atoms with E-state index in [2.05, 4.69) is 172 Å². The average molecular weight is 509 g/mol. The molecule has 0 unspecified atom stereocenters. The van der Waals surface area contributed by atoms with Crippen molar-refractivity contribution in [2.24, 2.45) is 0 Å². The lowest BCUT2D eigenvalue weighted by Gasteiger charge is -2.27. The topological polar surface area (TPSA) is 6.48 Å². The molecule has 5 aromatic carbocycles. The molecule has 5 rings (SSSR count). The molecule has 0 spiro atoms. The first-order valence-electron chi connectivity index (χ1n) is 13.5. The van der Waals surface area contributed by atoms with Gasteiger partial charge in [-0.25, -0.2) is 0 Å². The second-order valence-corrected chi connectivity index (χ2v) is 10.4. The van der Waals surface area contributed by atoms with E-state index in [4.69, 9.17) is 0 Å². The van der Waals surface area contributed by atoms with E-state index in [-0.39, 0.29) is 0 Å². The summed E-state index contributed by atoms with van der Waals surface area (Å²) in [6.45, 7) is 6.46. The third kappa shape index (κ3) is 5.81. The van der Waals surface area contributed by atoms with Gasteiger partial charge in [0.1, 0.15) is 0 Å². The summed E-state index contributed by atoms with van der Waals surface area (Å²) in [5.74, 6) is 0. The summed E-state index contributed by atoms with van der Waals surface area (Å²) >= 11 is 0. The van der Waals surface area contributed by atoms with Crippen molar-refractivity contribution in [2.75, 3.05) is 23.9 Å². The van der Waals surface area contributed by atoms with Crippen LogP contribution in [0.25, 0.3) is 22.4 Å². The Hall–Kier alpha value is -4.56. The average Bonchev–Trinajstić information content (AvgIpc) is 2.95. The number of nitrogens with zero attached hydrogens (tertiary/aromatic N) is 2. The van der Waals surface area contributed by atoms with Gasteiger partial charge in [-0.2, -0.15) is 0 Å². The molecule has 39 heavy (non-hydrogen) atoms. The minimum Gasteiger partial charge on any atom is -0.378 e. The molecule has 0 radical (unpaired) electrons. The molecule has 0 fully saturated rings. The van der Waals surface area contributed by atoms with Crippen LogP contribution in [-0.2, 0) is 0 Å². The second kappa shape index (κ2) is 11.4. The van der Waals surface area contributed by atoms with Gasteiger partial charge in [-0.1, -0.05) is 96.1 Å². The SMILES string of the molecule is CC(=CC=Cc1ccc(N(C)C)cc1)c1ccc(N(c2ccc(C)cc2)c2ccc(C)cc2)c2ccccc12. The molecule has 0 heterocycles. The van der Waals surface area contributed by atoms with Crippen LogP contribution in [-0.4, -0.2) is 14.1 Å². The van der Waals surface area contributed by atoms with Crippen molar-refractivity contribution < 1.29 is 0 Å². The molecule has 2 nitrogen and oxygen atoms in total. The van der Waals surface area contributed by atoms with E-state index >= 15 is 0 Å². The largest absolute Gasteiger partial charge is 0.378 e. The maximum atomic E-state index is 2.36. The molecule has 0 saturated heterocycles. The van der Waals surface area contributed by atoms with Gasteiger partial charge in [0.2, 0.25) is 0 Å². The molecule has 0 aromatic heterocycles. The van der Waals surface area contributed by atoms with Crippen molar-refractivity contribution in [3.05, 3.63) is 144 Å². The maximum absolute atomic E-state index is 2.36. The summed E-state index contributed by atoms with van der Waals surface area (Å²) in [4.78, 5) is 4.48. The fraction of sp³-hybridized carbons (Fsp3) is 0.135. The standard InChI is InChI=1S/C37H36N2/c1-27-13-19-32(20-14-27)39(33-21-15-28(2)16-22-33)37-26-25-34(35-11-6-7-12-36(35)37)29(3)9-8-10-30-17-23-31(24-18-30)38(4)5/h6-26H,1-5H3. The van der Waals surface area contributed by atoms with Crippen LogP contribution in [0.4, 0.5) is 22.7 Å². The molecular weight excluding hydrogens is 472 g/mol. The van der Waals surface area contributed by atoms with E-state index < -0.39 is 0 Å². The van der Waals surface area contributed by atoms with E-state index in [0.29, 0.717) is 0 Å². The van der Waals surface area contributed by atoms with Gasteiger partial charge in [0.15, 0.2) is 0 Å². The Morgan fingerprint density at radius 3 is 1.69 bits per heavy atom. The normalized spacial score (nSPS) is 11.8. The van der Waals surface area contributed by atoms with Crippen LogP contribution < -0.4 is 9.80 Å². The predicted octanol–water partition coefficient (Wildman–Crippen LogP) is 10.1. The zero-order chi connectivity index (χ0) is 27.4. The zero-order valence-corrected chi connectivity index (χ0v) is 23.5.